The average molecular weight is 478 g/mol. The van der Waals surface area contributed by atoms with Crippen LogP contribution >= 0.6 is 11.8 Å². The minimum atomic E-state index is -0.628. The zero-order valence-corrected chi connectivity index (χ0v) is 21.7. The number of Topliss-reactive ketones (excluding diaryl/α,β-unsaturated/α-hetero) is 1. The Morgan fingerprint density at radius 1 is 1.27 bits per heavy atom. The van der Waals surface area contributed by atoms with Crippen LogP contribution in [0.5, 0.6) is 0 Å². The number of ether oxygens (including phenoxy) is 1. The summed E-state index contributed by atoms with van der Waals surface area (Å²) in [4.78, 5) is 26.5. The molecule has 3 N–H and O–H groups in total. The van der Waals surface area contributed by atoms with E-state index in [4.69, 9.17) is 10.5 Å². The molecule has 4 aliphatic carbocycles. The van der Waals surface area contributed by atoms with Crippen molar-refractivity contribution >= 4 is 23.5 Å². The van der Waals surface area contributed by atoms with Gasteiger partial charge in [-0.2, -0.15) is 0 Å². The van der Waals surface area contributed by atoms with E-state index in [0.717, 1.165) is 38.5 Å². The van der Waals surface area contributed by atoms with E-state index in [1.807, 2.05) is 13.0 Å². The maximum absolute atomic E-state index is 13.4. The summed E-state index contributed by atoms with van der Waals surface area (Å²) in [6.07, 6.45) is 7.63. The Bertz CT molecular complexity index is 803. The highest BCUT2D eigenvalue weighted by molar-refractivity contribution is 8.00. The van der Waals surface area contributed by atoms with Gasteiger partial charge < -0.3 is 15.6 Å². The smallest absolute Gasteiger partial charge is 0.316 e. The van der Waals surface area contributed by atoms with Gasteiger partial charge in [-0.15, -0.1) is 18.3 Å². The van der Waals surface area contributed by atoms with Gasteiger partial charge in [-0.25, -0.2) is 0 Å². The second-order valence-electron chi connectivity index (χ2n) is 12.1. The van der Waals surface area contributed by atoms with Crippen molar-refractivity contribution < 1.29 is 19.4 Å². The van der Waals surface area contributed by atoms with Crippen LogP contribution in [0, 0.1) is 34.0 Å². The number of carbonyl (C=O) groups is 2. The van der Waals surface area contributed by atoms with E-state index in [1.54, 1.807) is 11.8 Å². The van der Waals surface area contributed by atoms with Gasteiger partial charge in [0.2, 0.25) is 0 Å². The van der Waals surface area contributed by atoms with Gasteiger partial charge in [0.25, 0.3) is 0 Å². The maximum Gasteiger partial charge on any atom is 0.316 e. The molecular weight excluding hydrogens is 434 g/mol. The normalized spacial score (nSPS) is 49.8. The molecule has 33 heavy (non-hydrogen) atoms. The van der Waals surface area contributed by atoms with Gasteiger partial charge in [-0.05, 0) is 62.2 Å². The molecular formula is C27H43NO4S. The van der Waals surface area contributed by atoms with Crippen LogP contribution in [0.25, 0.3) is 0 Å². The third kappa shape index (κ3) is 4.02. The van der Waals surface area contributed by atoms with Gasteiger partial charge in [0.15, 0.2) is 0 Å². The molecule has 0 spiro atoms. The van der Waals surface area contributed by atoms with Crippen molar-refractivity contribution in [1.29, 1.82) is 0 Å². The van der Waals surface area contributed by atoms with Gasteiger partial charge in [0, 0.05) is 34.5 Å². The van der Waals surface area contributed by atoms with Gasteiger partial charge in [0.1, 0.15) is 11.9 Å². The molecule has 4 saturated carbocycles. The van der Waals surface area contributed by atoms with E-state index in [1.165, 1.54) is 0 Å². The minimum Gasteiger partial charge on any atom is -0.461 e. The highest BCUT2D eigenvalue weighted by atomic mass is 32.2. The maximum atomic E-state index is 13.4. The van der Waals surface area contributed by atoms with E-state index in [0.29, 0.717) is 29.6 Å². The van der Waals surface area contributed by atoms with Crippen LogP contribution < -0.4 is 5.73 Å². The van der Waals surface area contributed by atoms with Crippen molar-refractivity contribution in [2.75, 3.05) is 5.75 Å². The fourth-order valence-electron chi connectivity index (χ4n) is 8.00. The largest absolute Gasteiger partial charge is 0.461 e. The van der Waals surface area contributed by atoms with Crippen LogP contribution in [0.4, 0.5) is 0 Å². The van der Waals surface area contributed by atoms with Crippen LogP contribution in [0.15, 0.2) is 12.7 Å². The molecule has 5 nitrogen and oxygen atoms in total. The molecule has 4 rings (SSSR count). The molecule has 0 heterocycles. The lowest BCUT2D eigenvalue weighted by Crippen LogP contribution is -2.63. The van der Waals surface area contributed by atoms with Crippen molar-refractivity contribution in [1.82, 2.24) is 0 Å². The summed E-state index contributed by atoms with van der Waals surface area (Å²) >= 11 is 1.65. The van der Waals surface area contributed by atoms with Crippen molar-refractivity contribution in [2.24, 2.45) is 39.7 Å². The summed E-state index contributed by atoms with van der Waals surface area (Å²) in [7, 11) is 0. The van der Waals surface area contributed by atoms with Crippen LogP contribution in [0.2, 0.25) is 0 Å². The Hall–Kier alpha value is -0.850. The number of rotatable bonds is 5. The quantitative estimate of drug-likeness (QED) is 0.447. The highest BCUT2D eigenvalue weighted by Crippen LogP contribution is 2.68. The highest BCUT2D eigenvalue weighted by Gasteiger charge is 2.68. The topological polar surface area (TPSA) is 89.6 Å². The SMILES string of the molecule is C=C[C@]1(C)C[C@@H](OC(=O)CSC2CCC(N)C2)[C@@]2(C)C3C(=O)CC[C@@]3(CC[C@H]2C)[C@@H](C)[C@@H]1O. The molecule has 0 aliphatic heterocycles. The molecule has 4 aliphatic rings. The Labute approximate surface area is 203 Å². The van der Waals surface area contributed by atoms with E-state index in [-0.39, 0.29) is 35.2 Å². The number of aliphatic hydroxyl groups excluding tert-OH is 1. The molecule has 0 aromatic rings. The minimum absolute atomic E-state index is 0.0115. The van der Waals surface area contributed by atoms with Gasteiger partial charge in [-0.1, -0.05) is 33.8 Å². The first-order chi connectivity index (χ1) is 15.5. The predicted molar refractivity (Wildman–Crippen MR) is 133 cm³/mol. The molecule has 0 aromatic carbocycles. The Morgan fingerprint density at radius 3 is 2.64 bits per heavy atom. The Kier molecular flexibility index (Phi) is 6.87. The molecule has 6 heteroatoms. The number of aliphatic hydroxyl groups is 1. The fraction of sp³-hybridized carbons (Fsp3) is 0.852. The number of hydrogen-bond acceptors (Lipinski definition) is 6. The second-order valence-corrected chi connectivity index (χ2v) is 13.4. The zero-order valence-electron chi connectivity index (χ0n) is 20.8. The van der Waals surface area contributed by atoms with Crippen LogP contribution in [0.1, 0.15) is 79.1 Å². The lowest BCUT2D eigenvalue weighted by Gasteiger charge is -2.61. The van der Waals surface area contributed by atoms with Gasteiger partial charge >= 0.3 is 5.97 Å². The zero-order chi connectivity index (χ0) is 24.2. The Balaban J connectivity index is 1.66. The lowest BCUT2D eigenvalue weighted by molar-refractivity contribution is -0.205. The number of esters is 1. The standard InChI is InChI=1S/C27H43NO4S/c1-6-25(4)14-21(32-22(30)15-33-19-8-7-18(28)13-19)26(5)16(2)9-11-27(17(3)24(25)31)12-10-20(29)23(26)27/h6,16-19,21,23-24,31H,1,7-15,28H2,2-5H3/t16-,17+,18?,19?,21-,23?,24+,25-,26+,27+/m1/s1. The molecule has 0 amide bonds. The van der Waals surface area contributed by atoms with Crippen molar-refractivity contribution in [3.05, 3.63) is 12.7 Å². The summed E-state index contributed by atoms with van der Waals surface area (Å²) in [6.45, 7) is 12.6. The molecule has 0 saturated heterocycles. The average Bonchev–Trinajstić information content (AvgIpc) is 3.36. The van der Waals surface area contributed by atoms with E-state index in [9.17, 15) is 14.7 Å². The molecule has 3 unspecified atom stereocenters. The lowest BCUT2D eigenvalue weighted by atomic mass is 9.44. The van der Waals surface area contributed by atoms with Gasteiger partial charge in [0.05, 0.1) is 11.9 Å². The van der Waals surface area contributed by atoms with Crippen molar-refractivity contribution in [3.63, 3.8) is 0 Å². The fourth-order valence-corrected chi connectivity index (χ4v) is 9.13. The number of nitrogens with two attached hydrogens (primary N) is 1. The summed E-state index contributed by atoms with van der Waals surface area (Å²) in [5, 5.41) is 12.0. The first-order valence-electron chi connectivity index (χ1n) is 12.9. The van der Waals surface area contributed by atoms with E-state index < -0.39 is 23.0 Å². The number of ketones is 1. The van der Waals surface area contributed by atoms with Crippen LogP contribution in [0.3, 0.4) is 0 Å². The van der Waals surface area contributed by atoms with Crippen LogP contribution in [-0.4, -0.2) is 46.1 Å². The third-order valence-corrected chi connectivity index (χ3v) is 11.7. The first kappa shape index (κ1) is 25.2. The van der Waals surface area contributed by atoms with Crippen LogP contribution in [-0.2, 0) is 14.3 Å². The molecule has 0 radical (unpaired) electrons. The third-order valence-electron chi connectivity index (χ3n) is 10.4. The van der Waals surface area contributed by atoms with Crippen molar-refractivity contribution in [3.8, 4) is 0 Å². The number of hydrogen-bond donors (Lipinski definition) is 2. The van der Waals surface area contributed by atoms with E-state index >= 15 is 0 Å². The number of carbonyl (C=O) groups excluding carboxylic acids is 2. The summed E-state index contributed by atoms with van der Waals surface area (Å²) in [5.41, 5.74) is 4.77. The van der Waals surface area contributed by atoms with E-state index in [2.05, 4.69) is 27.4 Å². The summed E-state index contributed by atoms with van der Waals surface area (Å²) < 4.78 is 6.30. The predicted octanol–water partition coefficient (Wildman–Crippen LogP) is 4.51. The van der Waals surface area contributed by atoms with Crippen molar-refractivity contribution in [2.45, 2.75) is 103 Å². The summed E-state index contributed by atoms with van der Waals surface area (Å²) in [5.74, 6) is 0.461. The first-order valence-corrected chi connectivity index (χ1v) is 13.9. The molecule has 0 aromatic heterocycles. The Morgan fingerprint density at radius 2 is 2.00 bits per heavy atom. The summed E-state index contributed by atoms with van der Waals surface area (Å²) in [6, 6.07) is 0.240. The monoisotopic (exact) mass is 477 g/mol. The molecule has 4 fully saturated rings. The number of thioether (sulfide) groups is 1. The molecule has 186 valence electrons. The van der Waals surface area contributed by atoms with Gasteiger partial charge in [-0.3, -0.25) is 9.59 Å². The second kappa shape index (κ2) is 8.98. The molecule has 2 bridgehead atoms. The molecule has 10 atom stereocenters.